The van der Waals surface area contributed by atoms with Crippen molar-refractivity contribution in [3.05, 3.63) is 46.1 Å². The molecule has 11 nitrogen and oxygen atoms in total. The summed E-state index contributed by atoms with van der Waals surface area (Å²) in [6.07, 6.45) is 2.89. The lowest BCUT2D eigenvalue weighted by molar-refractivity contribution is -0.384. The lowest BCUT2D eigenvalue weighted by atomic mass is 9.98. The lowest BCUT2D eigenvalue weighted by Crippen LogP contribution is -2.44. The Hall–Kier alpha value is -3.76. The van der Waals surface area contributed by atoms with Gasteiger partial charge in [0.1, 0.15) is 17.9 Å². The number of urea groups is 1. The first-order chi connectivity index (χ1) is 14.3. The molecule has 4 amide bonds. The van der Waals surface area contributed by atoms with Crippen LogP contribution in [-0.4, -0.2) is 49.5 Å². The van der Waals surface area contributed by atoms with Crippen molar-refractivity contribution < 1.29 is 19.3 Å². The third-order valence-corrected chi connectivity index (χ3v) is 5.41. The fourth-order valence-corrected chi connectivity index (χ4v) is 3.96. The number of aromatic nitrogens is 2. The number of nitro groups is 1. The molecule has 2 aliphatic rings. The van der Waals surface area contributed by atoms with E-state index in [-0.39, 0.29) is 11.6 Å². The van der Waals surface area contributed by atoms with Crippen molar-refractivity contribution in [2.75, 3.05) is 11.9 Å². The number of carbonyl (C=O) groups excluding carboxylic acids is 3. The SMILES string of the molecule is Cc1cc(NC(=O)CN2C(=O)NC3(CCCC3)C2=O)n(-c2ccc([N+](=O)[O-])cc2)n1. The predicted molar refractivity (Wildman–Crippen MR) is 105 cm³/mol. The van der Waals surface area contributed by atoms with Crippen LogP contribution in [0.1, 0.15) is 31.4 Å². The highest BCUT2D eigenvalue weighted by molar-refractivity contribution is 6.10. The number of carbonyl (C=O) groups is 3. The quantitative estimate of drug-likeness (QED) is 0.437. The summed E-state index contributed by atoms with van der Waals surface area (Å²) >= 11 is 0. The molecular formula is C19H20N6O5. The minimum absolute atomic E-state index is 0.0624. The van der Waals surface area contributed by atoms with E-state index in [0.29, 0.717) is 30.0 Å². The molecule has 1 aliphatic heterocycles. The molecule has 2 heterocycles. The molecule has 1 spiro atoms. The molecule has 1 aliphatic carbocycles. The van der Waals surface area contributed by atoms with Crippen molar-refractivity contribution in [2.45, 2.75) is 38.1 Å². The molecule has 156 valence electrons. The van der Waals surface area contributed by atoms with E-state index in [2.05, 4.69) is 15.7 Å². The first-order valence-electron chi connectivity index (χ1n) is 9.54. The molecule has 2 aromatic rings. The number of hydrogen-bond acceptors (Lipinski definition) is 6. The van der Waals surface area contributed by atoms with Crippen LogP contribution in [0.5, 0.6) is 0 Å². The Balaban J connectivity index is 1.50. The highest BCUT2D eigenvalue weighted by Gasteiger charge is 2.52. The van der Waals surface area contributed by atoms with E-state index in [9.17, 15) is 24.5 Å². The van der Waals surface area contributed by atoms with Gasteiger partial charge in [-0.05, 0) is 31.9 Å². The monoisotopic (exact) mass is 412 g/mol. The van der Waals surface area contributed by atoms with Crippen LogP contribution in [0.25, 0.3) is 5.69 Å². The van der Waals surface area contributed by atoms with E-state index < -0.39 is 28.9 Å². The van der Waals surface area contributed by atoms with Crippen LogP contribution in [0.15, 0.2) is 30.3 Å². The average Bonchev–Trinajstić information content (AvgIpc) is 3.37. The largest absolute Gasteiger partial charge is 0.325 e. The summed E-state index contributed by atoms with van der Waals surface area (Å²) in [5.41, 5.74) is 0.203. The second-order valence-electron chi connectivity index (χ2n) is 7.52. The lowest BCUT2D eigenvalue weighted by Gasteiger charge is -2.19. The second kappa shape index (κ2) is 7.25. The van der Waals surface area contributed by atoms with Crippen LogP contribution in [-0.2, 0) is 9.59 Å². The number of nitrogens with one attached hydrogen (secondary N) is 2. The molecule has 30 heavy (non-hydrogen) atoms. The second-order valence-corrected chi connectivity index (χ2v) is 7.52. The maximum absolute atomic E-state index is 12.7. The van der Waals surface area contributed by atoms with Gasteiger partial charge < -0.3 is 10.6 Å². The van der Waals surface area contributed by atoms with Crippen molar-refractivity contribution in [3.63, 3.8) is 0 Å². The zero-order valence-electron chi connectivity index (χ0n) is 16.3. The van der Waals surface area contributed by atoms with Gasteiger partial charge >= 0.3 is 6.03 Å². The van der Waals surface area contributed by atoms with E-state index in [1.54, 1.807) is 13.0 Å². The molecule has 4 rings (SSSR count). The number of imide groups is 1. The van der Waals surface area contributed by atoms with Crippen LogP contribution < -0.4 is 10.6 Å². The fourth-order valence-electron chi connectivity index (χ4n) is 3.96. The first kappa shape index (κ1) is 19.6. The van der Waals surface area contributed by atoms with Gasteiger partial charge in [-0.15, -0.1) is 0 Å². The molecule has 0 bridgehead atoms. The Bertz CT molecular complexity index is 1040. The number of aryl methyl sites for hydroxylation is 1. The van der Waals surface area contributed by atoms with Gasteiger partial charge in [0.15, 0.2) is 0 Å². The predicted octanol–water partition coefficient (Wildman–Crippen LogP) is 1.89. The number of benzene rings is 1. The average molecular weight is 412 g/mol. The van der Waals surface area contributed by atoms with Gasteiger partial charge in [-0.1, -0.05) is 12.8 Å². The Morgan fingerprint density at radius 2 is 1.93 bits per heavy atom. The molecule has 0 unspecified atom stereocenters. The topological polar surface area (TPSA) is 139 Å². The Morgan fingerprint density at radius 3 is 2.57 bits per heavy atom. The summed E-state index contributed by atoms with van der Waals surface area (Å²) in [7, 11) is 0. The van der Waals surface area contributed by atoms with Gasteiger partial charge in [0.05, 0.1) is 16.3 Å². The van der Waals surface area contributed by atoms with Crippen LogP contribution in [0.2, 0.25) is 0 Å². The van der Waals surface area contributed by atoms with Gasteiger partial charge in [0.2, 0.25) is 5.91 Å². The number of anilines is 1. The van der Waals surface area contributed by atoms with Crippen LogP contribution in [0, 0.1) is 17.0 Å². The number of nitro benzene ring substituents is 1. The number of amides is 4. The normalized spacial score (nSPS) is 17.4. The summed E-state index contributed by atoms with van der Waals surface area (Å²) in [6.45, 7) is 1.33. The number of hydrogen-bond donors (Lipinski definition) is 2. The summed E-state index contributed by atoms with van der Waals surface area (Å²) in [4.78, 5) is 48.8. The van der Waals surface area contributed by atoms with Gasteiger partial charge in [-0.2, -0.15) is 5.10 Å². The van der Waals surface area contributed by atoms with Crippen LogP contribution in [0.4, 0.5) is 16.3 Å². The fraction of sp³-hybridized carbons (Fsp3) is 0.368. The highest BCUT2D eigenvalue weighted by atomic mass is 16.6. The molecular weight excluding hydrogens is 392 g/mol. The molecule has 2 fully saturated rings. The van der Waals surface area contributed by atoms with Gasteiger partial charge in [0, 0.05) is 18.2 Å². The minimum Gasteiger partial charge on any atom is -0.323 e. The molecule has 1 saturated carbocycles. The maximum atomic E-state index is 12.7. The van der Waals surface area contributed by atoms with Crippen molar-refractivity contribution in [1.29, 1.82) is 0 Å². The van der Waals surface area contributed by atoms with Gasteiger partial charge in [-0.25, -0.2) is 9.48 Å². The number of nitrogens with zero attached hydrogens (tertiary/aromatic N) is 4. The van der Waals surface area contributed by atoms with E-state index in [1.165, 1.54) is 28.9 Å². The summed E-state index contributed by atoms with van der Waals surface area (Å²) in [5, 5.41) is 20.5. The first-order valence-corrected chi connectivity index (χ1v) is 9.54. The van der Waals surface area contributed by atoms with Crippen LogP contribution >= 0.6 is 0 Å². The molecule has 1 aromatic heterocycles. The smallest absolute Gasteiger partial charge is 0.323 e. The van der Waals surface area contributed by atoms with E-state index in [0.717, 1.165) is 17.7 Å². The van der Waals surface area contributed by atoms with Crippen LogP contribution in [0.3, 0.4) is 0 Å². The molecule has 0 atom stereocenters. The van der Waals surface area contributed by atoms with Crippen molar-refractivity contribution in [3.8, 4) is 5.69 Å². The zero-order valence-corrected chi connectivity index (χ0v) is 16.3. The standard InChI is InChI=1S/C19H20N6O5/c1-12-10-15(24(22-12)13-4-6-14(7-5-13)25(29)30)20-16(26)11-23-17(27)19(21-18(23)28)8-2-3-9-19/h4-7,10H,2-3,8-9,11H2,1H3,(H,20,26)(H,21,28). The molecule has 1 aromatic carbocycles. The molecule has 0 radical (unpaired) electrons. The Morgan fingerprint density at radius 1 is 1.27 bits per heavy atom. The van der Waals surface area contributed by atoms with Crippen molar-refractivity contribution in [1.82, 2.24) is 20.0 Å². The van der Waals surface area contributed by atoms with Gasteiger partial charge in [0.25, 0.3) is 11.6 Å². The maximum Gasteiger partial charge on any atom is 0.325 e. The zero-order chi connectivity index (χ0) is 21.5. The third kappa shape index (κ3) is 3.38. The van der Waals surface area contributed by atoms with Gasteiger partial charge in [-0.3, -0.25) is 24.6 Å². The molecule has 2 N–H and O–H groups in total. The van der Waals surface area contributed by atoms with E-state index in [1.807, 2.05) is 0 Å². The molecule has 1 saturated heterocycles. The summed E-state index contributed by atoms with van der Waals surface area (Å²) in [6, 6.07) is 6.78. The van der Waals surface area contributed by atoms with E-state index >= 15 is 0 Å². The Labute approximate surface area is 171 Å². The third-order valence-electron chi connectivity index (χ3n) is 5.41. The van der Waals surface area contributed by atoms with E-state index in [4.69, 9.17) is 0 Å². The Kier molecular flexibility index (Phi) is 4.72. The number of non-ortho nitro benzene ring substituents is 1. The summed E-state index contributed by atoms with van der Waals surface area (Å²) in [5.74, 6) is -0.578. The van der Waals surface area contributed by atoms with Crippen molar-refractivity contribution >= 4 is 29.4 Å². The summed E-state index contributed by atoms with van der Waals surface area (Å²) < 4.78 is 1.43. The highest BCUT2D eigenvalue weighted by Crippen LogP contribution is 2.35. The van der Waals surface area contributed by atoms with Crippen molar-refractivity contribution in [2.24, 2.45) is 0 Å². The minimum atomic E-state index is -0.867. The number of rotatable bonds is 5. The molecule has 11 heteroatoms.